The molecule has 1 aliphatic rings. The molecule has 5 rings (SSSR count). The van der Waals surface area contributed by atoms with Crippen LogP contribution in [0.5, 0.6) is 11.5 Å². The van der Waals surface area contributed by atoms with E-state index in [1.54, 1.807) is 30.3 Å². The fraction of sp³-hybridized carbons (Fsp3) is 0.333. The van der Waals surface area contributed by atoms with Crippen LogP contribution in [-0.2, 0) is 32.6 Å². The van der Waals surface area contributed by atoms with Crippen LogP contribution < -0.4 is 19.1 Å². The van der Waals surface area contributed by atoms with Crippen LogP contribution in [0.4, 0.5) is 5.69 Å². The number of aryl methyl sites for hydroxylation is 1. The van der Waals surface area contributed by atoms with Gasteiger partial charge in [-0.1, -0.05) is 97.6 Å². The predicted octanol–water partition coefficient (Wildman–Crippen LogP) is 6.30. The van der Waals surface area contributed by atoms with E-state index in [0.717, 1.165) is 53.1 Å². The third kappa shape index (κ3) is 9.00. The van der Waals surface area contributed by atoms with Crippen LogP contribution >= 0.6 is 0 Å². The zero-order chi connectivity index (χ0) is 34.8. The van der Waals surface area contributed by atoms with Crippen molar-refractivity contribution in [3.8, 4) is 11.5 Å². The molecule has 0 unspecified atom stereocenters. The van der Waals surface area contributed by atoms with Crippen molar-refractivity contribution in [1.29, 1.82) is 0 Å². The molecule has 1 atom stereocenters. The topological polar surface area (TPSA) is 105 Å². The molecule has 10 heteroatoms. The zero-order valence-electron chi connectivity index (χ0n) is 28.4. The molecule has 2 amide bonds. The second-order valence-corrected chi connectivity index (χ2v) is 14.3. The van der Waals surface area contributed by atoms with Gasteiger partial charge in [-0.2, -0.15) is 0 Å². The summed E-state index contributed by atoms with van der Waals surface area (Å²) >= 11 is 0. The number of sulfonamides is 1. The van der Waals surface area contributed by atoms with Gasteiger partial charge in [0, 0.05) is 25.1 Å². The molecule has 0 radical (unpaired) electrons. The summed E-state index contributed by atoms with van der Waals surface area (Å²) in [6.07, 6.45) is 5.25. The van der Waals surface area contributed by atoms with Crippen LogP contribution in [0.1, 0.15) is 48.8 Å². The van der Waals surface area contributed by atoms with Gasteiger partial charge in [0.1, 0.15) is 12.6 Å². The number of anilines is 1. The molecule has 0 aliphatic heterocycles. The summed E-state index contributed by atoms with van der Waals surface area (Å²) in [6.45, 7) is 1.53. The SMILES string of the molecule is COc1ccc(N(CC(=O)N(Cc2cccc(C)c2)[C@H](Cc2ccccc2)C(=O)NC2CCCCC2)S(=O)(=O)c2ccccc2)cc1OC. The Bertz CT molecular complexity index is 1810. The average Bonchev–Trinajstić information content (AvgIpc) is 3.12. The predicted molar refractivity (Wildman–Crippen MR) is 191 cm³/mol. The van der Waals surface area contributed by atoms with Crippen LogP contribution in [0.25, 0.3) is 0 Å². The summed E-state index contributed by atoms with van der Waals surface area (Å²) in [5.41, 5.74) is 2.95. The number of hydrogen-bond donors (Lipinski definition) is 1. The number of ether oxygens (including phenoxy) is 2. The van der Waals surface area contributed by atoms with E-state index in [1.807, 2.05) is 61.5 Å². The van der Waals surface area contributed by atoms with Gasteiger partial charge in [0.05, 0.1) is 24.8 Å². The van der Waals surface area contributed by atoms with Gasteiger partial charge in [0.2, 0.25) is 11.8 Å². The Morgan fingerprint density at radius 2 is 1.45 bits per heavy atom. The summed E-state index contributed by atoms with van der Waals surface area (Å²) in [5, 5.41) is 3.25. The second-order valence-electron chi connectivity index (χ2n) is 12.4. The van der Waals surface area contributed by atoms with Crippen molar-refractivity contribution < 1.29 is 27.5 Å². The Hall–Kier alpha value is -4.83. The molecule has 9 nitrogen and oxygen atoms in total. The number of carbonyl (C=O) groups is 2. The molecule has 0 aromatic heterocycles. The Kier molecular flexibility index (Phi) is 12.0. The molecule has 1 saturated carbocycles. The van der Waals surface area contributed by atoms with Gasteiger partial charge in [0.25, 0.3) is 10.0 Å². The van der Waals surface area contributed by atoms with E-state index in [1.165, 1.54) is 37.3 Å². The molecule has 0 saturated heterocycles. The fourth-order valence-electron chi connectivity index (χ4n) is 6.33. The van der Waals surface area contributed by atoms with Crippen molar-refractivity contribution in [2.45, 2.75) is 69.0 Å². The number of hydrogen-bond acceptors (Lipinski definition) is 6. The maximum Gasteiger partial charge on any atom is 0.264 e. The summed E-state index contributed by atoms with van der Waals surface area (Å²) in [5.74, 6) is -0.0416. The van der Waals surface area contributed by atoms with E-state index in [2.05, 4.69) is 5.32 Å². The quantitative estimate of drug-likeness (QED) is 0.167. The number of nitrogens with zero attached hydrogens (tertiary/aromatic N) is 2. The highest BCUT2D eigenvalue weighted by molar-refractivity contribution is 7.92. The lowest BCUT2D eigenvalue weighted by Crippen LogP contribution is -2.55. The van der Waals surface area contributed by atoms with E-state index in [9.17, 15) is 18.0 Å². The summed E-state index contributed by atoms with van der Waals surface area (Å²) < 4.78 is 40.6. The number of rotatable bonds is 14. The van der Waals surface area contributed by atoms with E-state index in [0.29, 0.717) is 11.5 Å². The van der Waals surface area contributed by atoms with Crippen LogP contribution in [0.15, 0.2) is 108 Å². The fourth-order valence-corrected chi connectivity index (χ4v) is 7.76. The number of methoxy groups -OCH3 is 2. The molecule has 0 heterocycles. The van der Waals surface area contributed by atoms with Gasteiger partial charge in [0.15, 0.2) is 11.5 Å². The van der Waals surface area contributed by atoms with E-state index in [-0.39, 0.29) is 35.5 Å². The molecule has 4 aromatic carbocycles. The van der Waals surface area contributed by atoms with Crippen molar-refractivity contribution >= 4 is 27.5 Å². The van der Waals surface area contributed by atoms with Crippen molar-refractivity contribution in [1.82, 2.24) is 10.2 Å². The van der Waals surface area contributed by atoms with Crippen LogP contribution in [0.2, 0.25) is 0 Å². The minimum Gasteiger partial charge on any atom is -0.493 e. The molecule has 258 valence electrons. The monoisotopic (exact) mass is 683 g/mol. The van der Waals surface area contributed by atoms with E-state index in [4.69, 9.17) is 9.47 Å². The molecule has 49 heavy (non-hydrogen) atoms. The number of carbonyl (C=O) groups excluding carboxylic acids is 2. The van der Waals surface area contributed by atoms with Gasteiger partial charge < -0.3 is 19.7 Å². The van der Waals surface area contributed by atoms with Crippen LogP contribution in [0, 0.1) is 6.92 Å². The maximum atomic E-state index is 14.8. The zero-order valence-corrected chi connectivity index (χ0v) is 29.2. The third-order valence-corrected chi connectivity index (χ3v) is 10.7. The largest absolute Gasteiger partial charge is 0.493 e. The maximum absolute atomic E-state index is 14.8. The molecular weight excluding hydrogens is 639 g/mol. The minimum absolute atomic E-state index is 0.0252. The molecule has 1 N–H and O–H groups in total. The highest BCUT2D eigenvalue weighted by atomic mass is 32.2. The van der Waals surface area contributed by atoms with E-state index >= 15 is 0 Å². The molecule has 4 aromatic rings. The Balaban J connectivity index is 1.59. The first-order valence-corrected chi connectivity index (χ1v) is 18.1. The first-order valence-electron chi connectivity index (χ1n) is 16.7. The molecule has 0 bridgehead atoms. The lowest BCUT2D eigenvalue weighted by Gasteiger charge is -2.35. The second kappa shape index (κ2) is 16.5. The average molecular weight is 684 g/mol. The molecular formula is C39H45N3O6S. The Morgan fingerprint density at radius 3 is 2.10 bits per heavy atom. The molecule has 0 spiro atoms. The number of benzene rings is 4. The van der Waals surface area contributed by atoms with Crippen molar-refractivity contribution in [3.05, 3.63) is 120 Å². The smallest absolute Gasteiger partial charge is 0.264 e. The number of nitrogens with one attached hydrogen (secondary N) is 1. The molecule has 1 aliphatic carbocycles. The standard InChI is InChI=1S/C39H45N3O6S/c1-29-14-13-17-31(24-29)27-41(35(25-30-15-7-4-8-16-30)39(44)40-32-18-9-5-10-19-32)38(43)28-42(49(45,46)34-20-11-6-12-21-34)33-22-23-36(47-2)37(26-33)48-3/h4,6-8,11-17,20-24,26,32,35H,5,9-10,18-19,25,27-28H2,1-3H3,(H,40,44)/t35-/m1/s1. The minimum atomic E-state index is -4.25. The Labute approximate surface area is 289 Å². The van der Waals surface area contributed by atoms with Gasteiger partial charge in [-0.3, -0.25) is 13.9 Å². The van der Waals surface area contributed by atoms with Gasteiger partial charge >= 0.3 is 0 Å². The summed E-state index contributed by atoms with van der Waals surface area (Å²) in [6, 6.07) is 29.2. The van der Waals surface area contributed by atoms with Crippen molar-refractivity contribution in [2.75, 3.05) is 25.1 Å². The highest BCUT2D eigenvalue weighted by Gasteiger charge is 2.35. The first kappa shape index (κ1) is 35.5. The Morgan fingerprint density at radius 1 is 0.796 bits per heavy atom. The van der Waals surface area contributed by atoms with Gasteiger partial charge in [-0.15, -0.1) is 0 Å². The van der Waals surface area contributed by atoms with Gasteiger partial charge in [-0.05, 0) is 55.2 Å². The summed E-state index contributed by atoms with van der Waals surface area (Å²) in [7, 11) is -1.29. The lowest BCUT2D eigenvalue weighted by molar-refractivity contribution is -0.140. The lowest BCUT2D eigenvalue weighted by atomic mass is 9.94. The number of amides is 2. The highest BCUT2D eigenvalue weighted by Crippen LogP contribution is 2.34. The van der Waals surface area contributed by atoms with Crippen molar-refractivity contribution in [2.24, 2.45) is 0 Å². The first-order chi connectivity index (χ1) is 23.7. The normalized spacial score (nSPS) is 14.0. The molecule has 1 fully saturated rings. The van der Waals surface area contributed by atoms with Crippen molar-refractivity contribution in [3.63, 3.8) is 0 Å². The van der Waals surface area contributed by atoms with E-state index < -0.39 is 28.5 Å². The van der Waals surface area contributed by atoms with Gasteiger partial charge in [-0.25, -0.2) is 8.42 Å². The van der Waals surface area contributed by atoms with Crippen LogP contribution in [0.3, 0.4) is 0 Å². The summed E-state index contributed by atoms with van der Waals surface area (Å²) in [4.78, 5) is 30.6. The van der Waals surface area contributed by atoms with Crippen LogP contribution in [-0.4, -0.2) is 58.0 Å². The third-order valence-electron chi connectivity index (χ3n) is 8.92.